The highest BCUT2D eigenvalue weighted by molar-refractivity contribution is 14.0. The summed E-state index contributed by atoms with van der Waals surface area (Å²) in [6.07, 6.45) is 3.00. The van der Waals surface area contributed by atoms with Gasteiger partial charge in [-0.3, -0.25) is 4.79 Å². The summed E-state index contributed by atoms with van der Waals surface area (Å²) in [5, 5.41) is 17.9. The highest BCUT2D eigenvalue weighted by Gasteiger charge is 2.28. The molecule has 0 spiro atoms. The second-order valence-corrected chi connectivity index (χ2v) is 7.92. The van der Waals surface area contributed by atoms with Gasteiger partial charge in [-0.25, -0.2) is 4.99 Å². The number of carbonyl (C=O) groups is 1. The SMILES string of the molecule is Cc1nnc(CN=C(NCCCN(C)c2ccccc2)NCCNC(=O)C2CC2)n1C.I. The Hall–Kier alpha value is -2.37. The Balaban J connectivity index is 0.00000363. The maximum Gasteiger partial charge on any atom is 0.223 e. The quantitative estimate of drug-likeness (QED) is 0.170. The molecule has 0 atom stereocenters. The van der Waals surface area contributed by atoms with Crippen molar-refractivity contribution in [3.63, 3.8) is 0 Å². The van der Waals surface area contributed by atoms with Crippen molar-refractivity contribution in [3.8, 4) is 0 Å². The Bertz CT molecular complexity index is 866. The highest BCUT2D eigenvalue weighted by Crippen LogP contribution is 2.28. The molecule has 9 nitrogen and oxygen atoms in total. The third kappa shape index (κ3) is 8.29. The number of aryl methyl sites for hydroxylation is 1. The van der Waals surface area contributed by atoms with Crippen LogP contribution in [0.1, 0.15) is 30.9 Å². The van der Waals surface area contributed by atoms with Gasteiger partial charge in [0.1, 0.15) is 12.4 Å². The molecule has 0 unspecified atom stereocenters. The van der Waals surface area contributed by atoms with Gasteiger partial charge in [-0.1, -0.05) is 18.2 Å². The van der Waals surface area contributed by atoms with Crippen molar-refractivity contribution < 1.29 is 4.79 Å². The molecule has 32 heavy (non-hydrogen) atoms. The molecule has 0 bridgehead atoms. The number of benzene rings is 1. The van der Waals surface area contributed by atoms with Gasteiger partial charge in [0.05, 0.1) is 0 Å². The number of amides is 1. The zero-order valence-electron chi connectivity index (χ0n) is 19.2. The van der Waals surface area contributed by atoms with Gasteiger partial charge in [-0.05, 0) is 38.3 Å². The first kappa shape index (κ1) is 25.9. The number of rotatable bonds is 11. The number of hydrogen-bond donors (Lipinski definition) is 3. The average molecular weight is 554 g/mol. The van der Waals surface area contributed by atoms with Crippen molar-refractivity contribution in [2.24, 2.45) is 18.0 Å². The van der Waals surface area contributed by atoms with Crippen molar-refractivity contribution in [3.05, 3.63) is 42.0 Å². The summed E-state index contributed by atoms with van der Waals surface area (Å²) in [6.45, 7) is 5.27. The maximum absolute atomic E-state index is 11.8. The molecule has 176 valence electrons. The molecule has 1 amide bonds. The first-order chi connectivity index (χ1) is 15.0. The number of carbonyl (C=O) groups excluding carboxylic acids is 1. The van der Waals surface area contributed by atoms with Crippen LogP contribution in [-0.4, -0.2) is 59.9 Å². The lowest BCUT2D eigenvalue weighted by Crippen LogP contribution is -2.42. The van der Waals surface area contributed by atoms with Gasteiger partial charge in [-0.2, -0.15) is 0 Å². The third-order valence-electron chi connectivity index (χ3n) is 5.39. The lowest BCUT2D eigenvalue weighted by Gasteiger charge is -2.20. The number of hydrogen-bond acceptors (Lipinski definition) is 5. The fourth-order valence-electron chi connectivity index (χ4n) is 3.10. The minimum atomic E-state index is 0. The Morgan fingerprint density at radius 3 is 2.47 bits per heavy atom. The summed E-state index contributed by atoms with van der Waals surface area (Å²) in [4.78, 5) is 18.7. The van der Waals surface area contributed by atoms with E-state index < -0.39 is 0 Å². The van der Waals surface area contributed by atoms with E-state index >= 15 is 0 Å². The number of nitrogens with zero attached hydrogens (tertiary/aromatic N) is 5. The molecule has 10 heteroatoms. The van der Waals surface area contributed by atoms with Crippen molar-refractivity contribution in [2.75, 3.05) is 38.1 Å². The van der Waals surface area contributed by atoms with Crippen molar-refractivity contribution in [2.45, 2.75) is 32.7 Å². The first-order valence-corrected chi connectivity index (χ1v) is 11.0. The van der Waals surface area contributed by atoms with Gasteiger partial charge in [0, 0.05) is 51.9 Å². The molecular formula is C22H35IN8O. The van der Waals surface area contributed by atoms with Gasteiger partial charge in [-0.15, -0.1) is 34.2 Å². The smallest absolute Gasteiger partial charge is 0.223 e. The standard InChI is InChI=1S/C22H34N8O.HI/c1-17-27-28-20(30(17)3)16-26-22(25-14-13-23-21(31)18-10-11-18)24-12-7-15-29(2)19-8-5-4-6-9-19;/h4-6,8-9,18H,7,10-16H2,1-3H3,(H,23,31)(H2,24,25,26);1H. The molecule has 0 saturated heterocycles. The molecular weight excluding hydrogens is 519 g/mol. The molecule has 1 aliphatic carbocycles. The van der Waals surface area contributed by atoms with Crippen LogP contribution in [0.2, 0.25) is 0 Å². The molecule has 0 aliphatic heterocycles. The minimum absolute atomic E-state index is 0. The van der Waals surface area contributed by atoms with Gasteiger partial charge >= 0.3 is 0 Å². The summed E-state index contributed by atoms with van der Waals surface area (Å²) >= 11 is 0. The van der Waals surface area contributed by atoms with Crippen molar-refractivity contribution in [1.29, 1.82) is 0 Å². The van der Waals surface area contributed by atoms with E-state index in [2.05, 4.69) is 67.4 Å². The number of para-hydroxylation sites is 1. The number of aromatic nitrogens is 3. The molecule has 3 rings (SSSR count). The van der Waals surface area contributed by atoms with Crippen LogP contribution in [0.3, 0.4) is 0 Å². The predicted octanol–water partition coefficient (Wildman–Crippen LogP) is 1.83. The molecule has 3 N–H and O–H groups in total. The fraction of sp³-hybridized carbons (Fsp3) is 0.545. The largest absolute Gasteiger partial charge is 0.375 e. The molecule has 1 fully saturated rings. The Labute approximate surface area is 207 Å². The van der Waals surface area contributed by atoms with Crippen molar-refractivity contribution in [1.82, 2.24) is 30.7 Å². The topological polar surface area (TPSA) is 99.5 Å². The third-order valence-corrected chi connectivity index (χ3v) is 5.39. The van der Waals surface area contributed by atoms with E-state index in [9.17, 15) is 4.79 Å². The summed E-state index contributed by atoms with van der Waals surface area (Å²) in [6, 6.07) is 10.4. The number of aliphatic imine (C=N–C) groups is 1. The Kier molecular flexibility index (Phi) is 10.7. The van der Waals surface area contributed by atoms with Gasteiger partial charge in [0.25, 0.3) is 0 Å². The van der Waals surface area contributed by atoms with E-state index in [0.717, 1.165) is 44.0 Å². The van der Waals surface area contributed by atoms with Crippen LogP contribution in [0.5, 0.6) is 0 Å². The van der Waals surface area contributed by atoms with Crippen LogP contribution >= 0.6 is 24.0 Å². The van der Waals surface area contributed by atoms with Crippen LogP contribution in [0.15, 0.2) is 35.3 Å². The van der Waals surface area contributed by atoms with E-state index in [-0.39, 0.29) is 35.8 Å². The van der Waals surface area contributed by atoms with Crippen LogP contribution in [0.25, 0.3) is 0 Å². The maximum atomic E-state index is 11.8. The number of anilines is 1. The number of nitrogens with one attached hydrogen (secondary N) is 3. The van der Waals surface area contributed by atoms with Crippen LogP contribution in [0, 0.1) is 12.8 Å². The lowest BCUT2D eigenvalue weighted by molar-refractivity contribution is -0.122. The highest BCUT2D eigenvalue weighted by atomic mass is 127. The lowest BCUT2D eigenvalue weighted by atomic mass is 10.3. The van der Waals surface area contributed by atoms with Gasteiger partial charge in [0.2, 0.25) is 5.91 Å². The van der Waals surface area contributed by atoms with E-state index in [1.807, 2.05) is 24.6 Å². The normalized spacial score (nSPS) is 13.3. The van der Waals surface area contributed by atoms with E-state index in [1.165, 1.54) is 5.69 Å². The van der Waals surface area contributed by atoms with Crippen molar-refractivity contribution >= 4 is 41.5 Å². The molecule has 1 aliphatic rings. The summed E-state index contributed by atoms with van der Waals surface area (Å²) in [5.41, 5.74) is 1.21. The molecule has 2 aromatic rings. The van der Waals surface area contributed by atoms with E-state index in [1.54, 1.807) is 0 Å². The zero-order chi connectivity index (χ0) is 22.1. The average Bonchev–Trinajstić information content (AvgIpc) is 3.59. The summed E-state index contributed by atoms with van der Waals surface area (Å²) in [5.74, 6) is 2.77. The second-order valence-electron chi connectivity index (χ2n) is 7.92. The van der Waals surface area contributed by atoms with Crippen LogP contribution < -0.4 is 20.9 Å². The van der Waals surface area contributed by atoms with E-state index in [0.29, 0.717) is 25.6 Å². The summed E-state index contributed by atoms with van der Waals surface area (Å²) < 4.78 is 1.94. The fourth-order valence-corrected chi connectivity index (χ4v) is 3.10. The number of halogens is 1. The summed E-state index contributed by atoms with van der Waals surface area (Å²) in [7, 11) is 4.04. The molecule has 1 aromatic carbocycles. The van der Waals surface area contributed by atoms with Gasteiger partial charge < -0.3 is 25.4 Å². The predicted molar refractivity (Wildman–Crippen MR) is 138 cm³/mol. The van der Waals surface area contributed by atoms with E-state index in [4.69, 9.17) is 0 Å². The van der Waals surface area contributed by atoms with Gasteiger partial charge in [0.15, 0.2) is 11.8 Å². The Morgan fingerprint density at radius 2 is 1.81 bits per heavy atom. The molecule has 1 aromatic heterocycles. The Morgan fingerprint density at radius 1 is 1.12 bits per heavy atom. The van der Waals surface area contributed by atoms with Crippen LogP contribution in [0.4, 0.5) is 5.69 Å². The number of guanidine groups is 1. The zero-order valence-corrected chi connectivity index (χ0v) is 21.5. The van der Waals surface area contributed by atoms with Crippen LogP contribution in [-0.2, 0) is 18.4 Å². The second kappa shape index (κ2) is 13.2. The molecule has 1 heterocycles. The monoisotopic (exact) mass is 554 g/mol. The molecule has 0 radical (unpaired) electrons. The minimum Gasteiger partial charge on any atom is -0.375 e. The first-order valence-electron chi connectivity index (χ1n) is 11.0. The molecule has 1 saturated carbocycles.